The van der Waals surface area contributed by atoms with Crippen LogP contribution >= 0.6 is 23.4 Å². The monoisotopic (exact) mass is 428 g/mol. The fourth-order valence-electron chi connectivity index (χ4n) is 2.97. The van der Waals surface area contributed by atoms with E-state index < -0.39 is 11.6 Å². The van der Waals surface area contributed by atoms with E-state index in [4.69, 9.17) is 11.6 Å². The summed E-state index contributed by atoms with van der Waals surface area (Å²) in [5.74, 6) is -1.45. The second kappa shape index (κ2) is 8.35. The van der Waals surface area contributed by atoms with Crippen LogP contribution in [0.3, 0.4) is 0 Å². The van der Waals surface area contributed by atoms with Gasteiger partial charge in [0.25, 0.3) is 5.56 Å². The van der Waals surface area contributed by atoms with Crippen molar-refractivity contribution in [3.05, 3.63) is 105 Å². The molecular formula is C22H15ClF2N2OS. The number of hydrogen-bond acceptors (Lipinski definition) is 3. The molecule has 1 aromatic heterocycles. The van der Waals surface area contributed by atoms with Crippen molar-refractivity contribution in [1.29, 1.82) is 0 Å². The van der Waals surface area contributed by atoms with Gasteiger partial charge in [0.15, 0.2) is 16.8 Å². The number of para-hydroxylation sites is 1. The third-order valence-electron chi connectivity index (χ3n) is 4.46. The van der Waals surface area contributed by atoms with E-state index in [1.807, 2.05) is 24.3 Å². The van der Waals surface area contributed by atoms with E-state index in [0.29, 0.717) is 32.4 Å². The van der Waals surface area contributed by atoms with Crippen LogP contribution in [0, 0.1) is 11.6 Å². The lowest BCUT2D eigenvalue weighted by Crippen LogP contribution is -2.24. The summed E-state index contributed by atoms with van der Waals surface area (Å²) in [4.78, 5) is 17.8. The molecule has 0 atom stereocenters. The zero-order valence-electron chi connectivity index (χ0n) is 15.1. The molecule has 0 radical (unpaired) electrons. The Morgan fingerprint density at radius 3 is 2.52 bits per heavy atom. The van der Waals surface area contributed by atoms with Crippen LogP contribution in [0.25, 0.3) is 10.9 Å². The van der Waals surface area contributed by atoms with Gasteiger partial charge in [-0.25, -0.2) is 13.8 Å². The molecule has 0 aliphatic carbocycles. The maximum Gasteiger partial charge on any atom is 0.262 e. The second-order valence-corrected chi connectivity index (χ2v) is 7.78. The van der Waals surface area contributed by atoms with Gasteiger partial charge in [-0.05, 0) is 41.5 Å². The summed E-state index contributed by atoms with van der Waals surface area (Å²) < 4.78 is 28.3. The lowest BCUT2D eigenvalue weighted by molar-refractivity contribution is 0.507. The van der Waals surface area contributed by atoms with Crippen LogP contribution in [0.2, 0.25) is 5.02 Å². The zero-order valence-corrected chi connectivity index (χ0v) is 16.7. The van der Waals surface area contributed by atoms with Gasteiger partial charge in [-0.15, -0.1) is 0 Å². The van der Waals surface area contributed by atoms with Crippen LogP contribution in [0.1, 0.15) is 11.1 Å². The van der Waals surface area contributed by atoms with Gasteiger partial charge in [0, 0.05) is 10.8 Å². The number of halogens is 3. The zero-order chi connectivity index (χ0) is 20.4. The molecule has 0 N–H and O–H groups in total. The summed E-state index contributed by atoms with van der Waals surface area (Å²) in [6.07, 6.45) is 0. The molecule has 146 valence electrons. The smallest absolute Gasteiger partial charge is 0.262 e. The average molecular weight is 429 g/mol. The van der Waals surface area contributed by atoms with Crippen molar-refractivity contribution in [2.24, 2.45) is 0 Å². The van der Waals surface area contributed by atoms with E-state index in [1.54, 1.807) is 28.8 Å². The first-order valence-electron chi connectivity index (χ1n) is 8.82. The minimum atomic E-state index is -0.900. The van der Waals surface area contributed by atoms with Gasteiger partial charge in [-0.2, -0.15) is 0 Å². The van der Waals surface area contributed by atoms with Crippen LogP contribution in [0.5, 0.6) is 0 Å². The maximum absolute atomic E-state index is 13.5. The Hall–Kier alpha value is -2.70. The van der Waals surface area contributed by atoms with E-state index >= 15 is 0 Å². The molecule has 29 heavy (non-hydrogen) atoms. The summed E-state index contributed by atoms with van der Waals surface area (Å²) >= 11 is 7.57. The molecule has 7 heteroatoms. The molecule has 0 fully saturated rings. The molecule has 0 saturated carbocycles. The number of benzene rings is 3. The van der Waals surface area contributed by atoms with Gasteiger partial charge in [-0.3, -0.25) is 9.36 Å². The number of nitrogens with zero attached hydrogens (tertiary/aromatic N) is 2. The normalized spacial score (nSPS) is 11.1. The van der Waals surface area contributed by atoms with Gasteiger partial charge < -0.3 is 0 Å². The van der Waals surface area contributed by atoms with Crippen LogP contribution in [0.4, 0.5) is 8.78 Å². The molecule has 0 aliphatic rings. The van der Waals surface area contributed by atoms with Gasteiger partial charge in [-0.1, -0.05) is 59.8 Å². The summed E-state index contributed by atoms with van der Waals surface area (Å²) in [6, 6.07) is 18.2. The van der Waals surface area contributed by atoms with Gasteiger partial charge in [0.05, 0.1) is 17.4 Å². The Balaban J connectivity index is 1.75. The first-order chi connectivity index (χ1) is 14.0. The first-order valence-corrected chi connectivity index (χ1v) is 10.2. The van der Waals surface area contributed by atoms with E-state index in [2.05, 4.69) is 4.98 Å². The van der Waals surface area contributed by atoms with Crippen molar-refractivity contribution < 1.29 is 8.78 Å². The maximum atomic E-state index is 13.5. The Morgan fingerprint density at radius 1 is 0.966 bits per heavy atom. The largest absolute Gasteiger partial charge is 0.283 e. The molecule has 0 aliphatic heterocycles. The van der Waals surface area contributed by atoms with E-state index in [-0.39, 0.29) is 12.1 Å². The topological polar surface area (TPSA) is 34.9 Å². The van der Waals surface area contributed by atoms with Gasteiger partial charge in [0.1, 0.15) is 0 Å². The number of fused-ring (bicyclic) bond motifs is 1. The second-order valence-electron chi connectivity index (χ2n) is 6.43. The van der Waals surface area contributed by atoms with Crippen molar-refractivity contribution in [3.8, 4) is 0 Å². The Morgan fingerprint density at radius 2 is 1.72 bits per heavy atom. The molecule has 4 aromatic rings. The highest BCUT2D eigenvalue weighted by atomic mass is 35.5. The first kappa shape index (κ1) is 19.6. The Labute approximate surface area is 175 Å². The number of rotatable bonds is 5. The fourth-order valence-corrected chi connectivity index (χ4v) is 4.11. The fraction of sp³-hybridized carbons (Fsp3) is 0.0909. The summed E-state index contributed by atoms with van der Waals surface area (Å²) in [5.41, 5.74) is 1.80. The van der Waals surface area contributed by atoms with Gasteiger partial charge >= 0.3 is 0 Å². The van der Waals surface area contributed by atoms with Crippen LogP contribution in [-0.2, 0) is 12.3 Å². The lowest BCUT2D eigenvalue weighted by atomic mass is 10.2. The highest BCUT2D eigenvalue weighted by Gasteiger charge is 2.14. The average Bonchev–Trinajstić information content (AvgIpc) is 2.72. The SMILES string of the molecule is O=c1c2ccccc2nc(SCc2ccc(F)c(F)c2)n1Cc1ccccc1Cl. The molecule has 0 saturated heterocycles. The minimum Gasteiger partial charge on any atom is -0.283 e. The predicted octanol–water partition coefficient (Wildman–Crippen LogP) is 5.67. The van der Waals surface area contributed by atoms with Crippen molar-refractivity contribution in [3.63, 3.8) is 0 Å². The third kappa shape index (κ3) is 4.18. The van der Waals surface area contributed by atoms with Crippen LogP contribution in [0.15, 0.2) is 76.7 Å². The molecular weight excluding hydrogens is 414 g/mol. The van der Waals surface area contributed by atoms with E-state index in [1.165, 1.54) is 17.8 Å². The van der Waals surface area contributed by atoms with E-state index in [9.17, 15) is 13.6 Å². The van der Waals surface area contributed by atoms with Crippen molar-refractivity contribution in [2.75, 3.05) is 0 Å². The Kier molecular flexibility index (Phi) is 5.65. The number of aromatic nitrogens is 2. The molecule has 0 amide bonds. The third-order valence-corrected chi connectivity index (χ3v) is 5.88. The number of thioether (sulfide) groups is 1. The van der Waals surface area contributed by atoms with Crippen LogP contribution < -0.4 is 5.56 Å². The van der Waals surface area contributed by atoms with Gasteiger partial charge in [0.2, 0.25) is 0 Å². The standard InChI is InChI=1S/C22H15ClF2N2OS/c23-17-7-3-1-5-15(17)12-27-21(28)16-6-2-4-8-20(16)26-22(27)29-13-14-9-10-18(24)19(25)11-14/h1-11H,12-13H2. The van der Waals surface area contributed by atoms with Crippen molar-refractivity contribution in [1.82, 2.24) is 9.55 Å². The summed E-state index contributed by atoms with van der Waals surface area (Å²) in [7, 11) is 0. The van der Waals surface area contributed by atoms with Crippen LogP contribution in [-0.4, -0.2) is 9.55 Å². The highest BCUT2D eigenvalue weighted by Crippen LogP contribution is 2.25. The minimum absolute atomic E-state index is 0.177. The molecule has 3 aromatic carbocycles. The molecule has 1 heterocycles. The summed E-state index contributed by atoms with van der Waals surface area (Å²) in [5, 5.41) is 1.55. The molecule has 0 spiro atoms. The summed E-state index contributed by atoms with van der Waals surface area (Å²) in [6.45, 7) is 0.260. The molecule has 3 nitrogen and oxygen atoms in total. The molecule has 0 bridgehead atoms. The van der Waals surface area contributed by atoms with Crippen molar-refractivity contribution >= 4 is 34.3 Å². The highest BCUT2D eigenvalue weighted by molar-refractivity contribution is 7.98. The Bertz CT molecular complexity index is 1260. The molecule has 0 unspecified atom stereocenters. The predicted molar refractivity (Wildman–Crippen MR) is 112 cm³/mol. The van der Waals surface area contributed by atoms with E-state index in [0.717, 1.165) is 17.7 Å². The molecule has 4 rings (SSSR count). The quantitative estimate of drug-likeness (QED) is 0.303. The van der Waals surface area contributed by atoms with Crippen molar-refractivity contribution in [2.45, 2.75) is 17.5 Å². The number of hydrogen-bond donors (Lipinski definition) is 0. The lowest BCUT2D eigenvalue weighted by Gasteiger charge is -2.14.